The van der Waals surface area contributed by atoms with Gasteiger partial charge in [-0.1, -0.05) is 24.3 Å². The van der Waals surface area contributed by atoms with Gasteiger partial charge in [0.1, 0.15) is 11.9 Å². The summed E-state index contributed by atoms with van der Waals surface area (Å²) in [5, 5.41) is 3.30. The van der Waals surface area contributed by atoms with Gasteiger partial charge in [0.15, 0.2) is 11.0 Å². The lowest BCUT2D eigenvalue weighted by Gasteiger charge is -2.22. The number of pyridine rings is 1. The molecular formula is C19H15N3O2S. The molecule has 1 fully saturated rings. The van der Waals surface area contributed by atoms with E-state index >= 15 is 0 Å². The summed E-state index contributed by atoms with van der Waals surface area (Å²) >= 11 is 1.30. The Bertz CT molecular complexity index is 919. The fraction of sp³-hybridized carbons (Fsp3) is 0.105. The molecule has 1 atom stereocenters. The highest BCUT2D eigenvalue weighted by Gasteiger charge is 2.26. The van der Waals surface area contributed by atoms with Gasteiger partial charge in [0.25, 0.3) is 5.91 Å². The molecule has 6 heteroatoms. The van der Waals surface area contributed by atoms with Gasteiger partial charge in [0, 0.05) is 11.8 Å². The standard InChI is InChI=1S/C19H15N3O2S/c1-12-14(10-13-6-2-3-7-15(13)24-12)11-16-18(23)22-19(25-16)21-17-8-4-5-9-20-17/h2-12H,1H3,(H,20,21,22,23)/b16-11+/t12-/m1/s1. The molecule has 2 aromatic rings. The van der Waals surface area contributed by atoms with Gasteiger partial charge in [0.2, 0.25) is 0 Å². The summed E-state index contributed by atoms with van der Waals surface area (Å²) in [6, 6.07) is 13.3. The Balaban J connectivity index is 1.61. The molecule has 0 spiro atoms. The second-order valence-corrected chi connectivity index (χ2v) is 6.64. The van der Waals surface area contributed by atoms with Crippen LogP contribution in [0.5, 0.6) is 5.75 Å². The van der Waals surface area contributed by atoms with Gasteiger partial charge < -0.3 is 10.1 Å². The minimum absolute atomic E-state index is 0.118. The summed E-state index contributed by atoms with van der Waals surface area (Å²) in [5.41, 5.74) is 1.97. The van der Waals surface area contributed by atoms with E-state index in [9.17, 15) is 4.79 Å². The van der Waals surface area contributed by atoms with Crippen molar-refractivity contribution in [1.82, 2.24) is 10.3 Å². The van der Waals surface area contributed by atoms with Crippen LogP contribution in [0, 0.1) is 0 Å². The quantitative estimate of drug-likeness (QED) is 0.840. The highest BCUT2D eigenvalue weighted by atomic mass is 32.2. The predicted molar refractivity (Wildman–Crippen MR) is 99.7 cm³/mol. The summed E-state index contributed by atoms with van der Waals surface area (Å²) in [6.45, 7) is 1.97. The number of carbonyl (C=O) groups excluding carboxylic acids is 1. The Morgan fingerprint density at radius 3 is 2.92 bits per heavy atom. The van der Waals surface area contributed by atoms with Crippen molar-refractivity contribution in [3.63, 3.8) is 0 Å². The maximum Gasteiger partial charge on any atom is 0.264 e. The van der Waals surface area contributed by atoms with Gasteiger partial charge in [-0.3, -0.25) is 4.79 Å². The zero-order valence-electron chi connectivity index (χ0n) is 13.5. The molecule has 1 saturated heterocycles. The van der Waals surface area contributed by atoms with Gasteiger partial charge in [-0.25, -0.2) is 9.98 Å². The van der Waals surface area contributed by atoms with E-state index < -0.39 is 0 Å². The number of amidine groups is 1. The highest BCUT2D eigenvalue weighted by molar-refractivity contribution is 8.18. The molecule has 0 bridgehead atoms. The number of thioether (sulfide) groups is 1. The Morgan fingerprint density at radius 2 is 2.08 bits per heavy atom. The van der Waals surface area contributed by atoms with Gasteiger partial charge in [-0.15, -0.1) is 0 Å². The lowest BCUT2D eigenvalue weighted by Crippen LogP contribution is -2.20. The molecule has 4 rings (SSSR count). The van der Waals surface area contributed by atoms with E-state index in [4.69, 9.17) is 4.74 Å². The molecule has 25 heavy (non-hydrogen) atoms. The first-order valence-electron chi connectivity index (χ1n) is 7.87. The number of nitrogens with zero attached hydrogens (tertiary/aromatic N) is 2. The largest absolute Gasteiger partial charge is 0.485 e. The van der Waals surface area contributed by atoms with Crippen molar-refractivity contribution in [3.8, 4) is 5.75 Å². The average Bonchev–Trinajstić information content (AvgIpc) is 2.95. The number of para-hydroxylation sites is 1. The van der Waals surface area contributed by atoms with E-state index in [1.165, 1.54) is 11.8 Å². The maximum atomic E-state index is 12.2. The van der Waals surface area contributed by atoms with Crippen molar-refractivity contribution in [2.45, 2.75) is 13.0 Å². The molecule has 0 aliphatic carbocycles. The number of amides is 1. The van der Waals surface area contributed by atoms with Gasteiger partial charge in [0.05, 0.1) is 4.91 Å². The minimum Gasteiger partial charge on any atom is -0.485 e. The van der Waals surface area contributed by atoms with Crippen molar-refractivity contribution in [3.05, 3.63) is 70.8 Å². The van der Waals surface area contributed by atoms with Crippen molar-refractivity contribution < 1.29 is 9.53 Å². The highest BCUT2D eigenvalue weighted by Crippen LogP contribution is 2.33. The number of hydrogen-bond acceptors (Lipinski definition) is 5. The lowest BCUT2D eigenvalue weighted by molar-refractivity contribution is -0.115. The average molecular weight is 349 g/mol. The summed E-state index contributed by atoms with van der Waals surface area (Å²) in [5.74, 6) is 1.26. The van der Waals surface area contributed by atoms with Crippen LogP contribution < -0.4 is 10.1 Å². The third-order valence-corrected chi connectivity index (χ3v) is 4.74. The number of ether oxygens (including phenoxy) is 1. The molecule has 1 aromatic carbocycles. The predicted octanol–water partition coefficient (Wildman–Crippen LogP) is 3.68. The second-order valence-electron chi connectivity index (χ2n) is 5.61. The van der Waals surface area contributed by atoms with Gasteiger partial charge in [-0.05, 0) is 54.6 Å². The topological polar surface area (TPSA) is 63.6 Å². The molecule has 124 valence electrons. The number of aromatic nitrogens is 1. The van der Waals surface area contributed by atoms with Crippen LogP contribution in [0.3, 0.4) is 0 Å². The van der Waals surface area contributed by atoms with E-state index in [0.717, 1.165) is 16.9 Å². The van der Waals surface area contributed by atoms with Crippen LogP contribution in [0.15, 0.2) is 70.2 Å². The number of fused-ring (bicyclic) bond motifs is 1. The van der Waals surface area contributed by atoms with Crippen molar-refractivity contribution >= 4 is 34.7 Å². The molecule has 1 amide bonds. The van der Waals surface area contributed by atoms with E-state index in [2.05, 4.69) is 21.4 Å². The molecule has 3 heterocycles. The summed E-state index contributed by atoms with van der Waals surface area (Å²) in [6.07, 6.45) is 5.47. The SMILES string of the molecule is C[C@H]1Oc2ccccc2C=C1/C=C1/SC(=Nc2ccccn2)NC1=O. The molecule has 1 aromatic heterocycles. The molecule has 2 aliphatic rings. The number of benzene rings is 1. The smallest absolute Gasteiger partial charge is 0.264 e. The fourth-order valence-electron chi connectivity index (χ4n) is 2.58. The Kier molecular flexibility index (Phi) is 4.11. The first-order valence-corrected chi connectivity index (χ1v) is 8.68. The third-order valence-electron chi connectivity index (χ3n) is 3.83. The number of rotatable bonds is 2. The molecule has 0 radical (unpaired) electrons. The van der Waals surface area contributed by atoms with E-state index in [1.54, 1.807) is 12.3 Å². The van der Waals surface area contributed by atoms with Crippen LogP contribution in [0.1, 0.15) is 12.5 Å². The molecular weight excluding hydrogens is 334 g/mol. The van der Waals surface area contributed by atoms with Gasteiger partial charge in [-0.2, -0.15) is 0 Å². The van der Waals surface area contributed by atoms with Crippen LogP contribution >= 0.6 is 11.8 Å². The zero-order chi connectivity index (χ0) is 17.2. The van der Waals surface area contributed by atoms with Crippen LogP contribution in [0.4, 0.5) is 5.82 Å². The first-order chi connectivity index (χ1) is 12.2. The Hall–Kier alpha value is -2.86. The Morgan fingerprint density at radius 1 is 1.24 bits per heavy atom. The van der Waals surface area contributed by atoms with Crippen LogP contribution in [-0.2, 0) is 4.79 Å². The zero-order valence-corrected chi connectivity index (χ0v) is 14.3. The molecule has 2 aliphatic heterocycles. The number of nitrogens with one attached hydrogen (secondary N) is 1. The molecule has 0 unspecified atom stereocenters. The summed E-state index contributed by atoms with van der Waals surface area (Å²) in [4.78, 5) is 21.3. The summed E-state index contributed by atoms with van der Waals surface area (Å²) in [7, 11) is 0. The van der Waals surface area contributed by atoms with Crippen molar-refractivity contribution in [1.29, 1.82) is 0 Å². The van der Waals surface area contributed by atoms with Crippen LogP contribution in [0.2, 0.25) is 0 Å². The number of aliphatic imine (C=N–C) groups is 1. The maximum absolute atomic E-state index is 12.2. The van der Waals surface area contributed by atoms with Crippen molar-refractivity contribution in [2.75, 3.05) is 0 Å². The number of carbonyl (C=O) groups is 1. The monoisotopic (exact) mass is 349 g/mol. The Labute approximate surface area is 149 Å². The van der Waals surface area contributed by atoms with Crippen LogP contribution in [0.25, 0.3) is 6.08 Å². The lowest BCUT2D eigenvalue weighted by atomic mass is 10.0. The van der Waals surface area contributed by atoms with Gasteiger partial charge >= 0.3 is 0 Å². The normalized spacial score (nSPS) is 22.4. The summed E-state index contributed by atoms with van der Waals surface area (Å²) < 4.78 is 5.92. The third kappa shape index (κ3) is 3.34. The van der Waals surface area contributed by atoms with Crippen molar-refractivity contribution in [2.24, 2.45) is 4.99 Å². The van der Waals surface area contributed by atoms with Crippen LogP contribution in [-0.4, -0.2) is 22.2 Å². The van der Waals surface area contributed by atoms with E-state index in [0.29, 0.717) is 15.9 Å². The van der Waals surface area contributed by atoms with E-state index in [1.807, 2.05) is 49.4 Å². The minimum atomic E-state index is -0.161. The molecule has 0 saturated carbocycles. The molecule has 5 nitrogen and oxygen atoms in total. The first kappa shape index (κ1) is 15.7. The fourth-order valence-corrected chi connectivity index (χ4v) is 3.41. The second kappa shape index (κ2) is 6.57. The number of hydrogen-bond donors (Lipinski definition) is 1. The van der Waals surface area contributed by atoms with E-state index in [-0.39, 0.29) is 12.0 Å². The molecule has 1 N–H and O–H groups in total.